The Hall–Kier alpha value is -1.43. The highest BCUT2D eigenvalue weighted by Crippen LogP contribution is 2.34. The van der Waals surface area contributed by atoms with Gasteiger partial charge in [0.1, 0.15) is 5.03 Å². The Bertz CT molecular complexity index is 719. The van der Waals surface area contributed by atoms with Gasteiger partial charge >= 0.3 is 0 Å². The quantitative estimate of drug-likeness (QED) is 0.763. The van der Waals surface area contributed by atoms with Gasteiger partial charge in [-0.05, 0) is 48.5 Å². The van der Waals surface area contributed by atoms with E-state index in [2.05, 4.69) is 47.3 Å². The Kier molecular flexibility index (Phi) is 4.53. The van der Waals surface area contributed by atoms with Gasteiger partial charge in [0.2, 0.25) is 0 Å². The molecule has 1 N–H and O–H groups in total. The molecule has 0 aliphatic rings. The van der Waals surface area contributed by atoms with Crippen LogP contribution in [0.4, 0.5) is 0 Å². The number of hydrogen-bond donors (Lipinski definition) is 1. The summed E-state index contributed by atoms with van der Waals surface area (Å²) < 4.78 is 2.27. The van der Waals surface area contributed by atoms with Gasteiger partial charge in [0.05, 0.1) is 10.2 Å². The Morgan fingerprint density at radius 2 is 2.14 bits per heavy atom. The van der Waals surface area contributed by atoms with Crippen molar-refractivity contribution >= 4 is 33.3 Å². The molecule has 3 rings (SSSR count). The monoisotopic (exact) mass is 315 g/mol. The second-order valence-electron chi connectivity index (χ2n) is 4.80. The van der Waals surface area contributed by atoms with Crippen LogP contribution in [-0.2, 0) is 6.54 Å². The molecule has 2 aromatic heterocycles. The van der Waals surface area contributed by atoms with Crippen LogP contribution in [0.1, 0.15) is 18.1 Å². The second-order valence-corrected chi connectivity index (χ2v) is 7.06. The number of nitrogens with zero attached hydrogens (tertiary/aromatic N) is 2. The Morgan fingerprint density at radius 3 is 2.90 bits per heavy atom. The number of aryl methyl sites for hydroxylation is 1. The number of para-hydroxylation sites is 1. The highest BCUT2D eigenvalue weighted by Gasteiger charge is 2.08. The van der Waals surface area contributed by atoms with Crippen LogP contribution in [0.5, 0.6) is 0 Å². The number of aromatic nitrogens is 2. The van der Waals surface area contributed by atoms with Gasteiger partial charge < -0.3 is 5.32 Å². The van der Waals surface area contributed by atoms with Crippen molar-refractivity contribution in [2.75, 3.05) is 6.54 Å². The molecule has 108 valence electrons. The summed E-state index contributed by atoms with van der Waals surface area (Å²) in [7, 11) is 0. The topological polar surface area (TPSA) is 37.8 Å². The van der Waals surface area contributed by atoms with Crippen LogP contribution in [0.15, 0.2) is 45.9 Å². The molecule has 0 unspecified atom stereocenters. The van der Waals surface area contributed by atoms with Gasteiger partial charge in [-0.15, -0.1) is 11.3 Å². The molecule has 0 amide bonds. The molecular weight excluding hydrogens is 298 g/mol. The van der Waals surface area contributed by atoms with E-state index in [1.165, 1.54) is 15.8 Å². The Labute approximate surface area is 132 Å². The first-order valence-electron chi connectivity index (χ1n) is 6.96. The van der Waals surface area contributed by atoms with Crippen LogP contribution in [0.3, 0.4) is 0 Å². The summed E-state index contributed by atoms with van der Waals surface area (Å²) in [4.78, 5) is 9.24. The maximum Gasteiger partial charge on any atom is 0.157 e. The van der Waals surface area contributed by atoms with Crippen molar-refractivity contribution in [3.63, 3.8) is 0 Å². The molecule has 0 atom stereocenters. The molecule has 3 nitrogen and oxygen atoms in total. The second kappa shape index (κ2) is 6.56. The average Bonchev–Trinajstić information content (AvgIpc) is 2.90. The standard InChI is InChI=1S/C16H17N3S2/c1-3-17-9-12-8-11(2)15(18-10-12)21-16-19-13-6-4-5-7-14(13)20-16/h4-8,10,17H,3,9H2,1-2H3. The summed E-state index contributed by atoms with van der Waals surface area (Å²) in [6.07, 6.45) is 1.95. The molecule has 0 saturated carbocycles. The summed E-state index contributed by atoms with van der Waals surface area (Å²) >= 11 is 3.37. The van der Waals surface area contributed by atoms with E-state index in [1.807, 2.05) is 18.3 Å². The third-order valence-electron chi connectivity index (χ3n) is 3.12. The van der Waals surface area contributed by atoms with E-state index in [0.29, 0.717) is 0 Å². The fourth-order valence-corrected chi connectivity index (χ4v) is 4.08. The first kappa shape index (κ1) is 14.5. The summed E-state index contributed by atoms with van der Waals surface area (Å²) in [5, 5.41) is 4.36. The molecule has 1 aromatic carbocycles. The number of benzene rings is 1. The molecule has 0 bridgehead atoms. The van der Waals surface area contributed by atoms with Crippen LogP contribution in [0.2, 0.25) is 0 Å². The maximum absolute atomic E-state index is 4.65. The van der Waals surface area contributed by atoms with Gasteiger partial charge in [0, 0.05) is 12.7 Å². The van der Waals surface area contributed by atoms with E-state index in [4.69, 9.17) is 0 Å². The van der Waals surface area contributed by atoms with Gasteiger partial charge in [-0.2, -0.15) is 0 Å². The van der Waals surface area contributed by atoms with Gasteiger partial charge in [-0.25, -0.2) is 9.97 Å². The smallest absolute Gasteiger partial charge is 0.157 e. The number of nitrogens with one attached hydrogen (secondary N) is 1. The molecule has 0 spiro atoms. The highest BCUT2D eigenvalue weighted by molar-refractivity contribution is 8.01. The first-order valence-corrected chi connectivity index (χ1v) is 8.59. The molecule has 0 radical (unpaired) electrons. The average molecular weight is 315 g/mol. The fraction of sp³-hybridized carbons (Fsp3) is 0.250. The zero-order chi connectivity index (χ0) is 14.7. The van der Waals surface area contributed by atoms with Crippen LogP contribution in [-0.4, -0.2) is 16.5 Å². The van der Waals surface area contributed by atoms with Crippen molar-refractivity contribution in [3.8, 4) is 0 Å². The summed E-state index contributed by atoms with van der Waals surface area (Å²) in [5.74, 6) is 0. The number of pyridine rings is 1. The SMILES string of the molecule is CCNCc1cnc(Sc2nc3ccccc3s2)c(C)c1. The van der Waals surface area contributed by atoms with Crippen LogP contribution >= 0.6 is 23.1 Å². The third-order valence-corrected chi connectivity index (χ3v) is 5.34. The zero-order valence-corrected chi connectivity index (χ0v) is 13.7. The van der Waals surface area contributed by atoms with Gasteiger partial charge in [0.25, 0.3) is 0 Å². The van der Waals surface area contributed by atoms with Crippen molar-refractivity contribution in [2.24, 2.45) is 0 Å². The Morgan fingerprint density at radius 1 is 1.29 bits per heavy atom. The lowest BCUT2D eigenvalue weighted by atomic mass is 10.2. The lowest BCUT2D eigenvalue weighted by Gasteiger charge is -2.06. The minimum Gasteiger partial charge on any atom is -0.313 e. The molecule has 0 fully saturated rings. The summed E-state index contributed by atoms with van der Waals surface area (Å²) in [5.41, 5.74) is 3.49. The normalized spacial score (nSPS) is 11.1. The van der Waals surface area contributed by atoms with Gasteiger partial charge in [0.15, 0.2) is 4.34 Å². The lowest BCUT2D eigenvalue weighted by molar-refractivity contribution is 0.721. The zero-order valence-electron chi connectivity index (χ0n) is 12.1. The molecule has 0 aliphatic heterocycles. The van der Waals surface area contributed by atoms with Crippen LogP contribution < -0.4 is 5.32 Å². The molecular formula is C16H17N3S2. The van der Waals surface area contributed by atoms with E-state index in [1.54, 1.807) is 23.1 Å². The molecule has 21 heavy (non-hydrogen) atoms. The fourth-order valence-electron chi connectivity index (χ4n) is 2.07. The van der Waals surface area contributed by atoms with Crippen molar-refractivity contribution in [1.29, 1.82) is 0 Å². The van der Waals surface area contributed by atoms with E-state index >= 15 is 0 Å². The maximum atomic E-state index is 4.65. The van der Waals surface area contributed by atoms with Crippen molar-refractivity contribution in [3.05, 3.63) is 47.7 Å². The largest absolute Gasteiger partial charge is 0.313 e. The van der Waals surface area contributed by atoms with Crippen molar-refractivity contribution < 1.29 is 0 Å². The molecule has 0 saturated heterocycles. The van der Waals surface area contributed by atoms with Crippen molar-refractivity contribution in [2.45, 2.75) is 29.8 Å². The molecule has 0 aliphatic carbocycles. The summed E-state index contributed by atoms with van der Waals surface area (Å²) in [6.45, 7) is 6.06. The number of rotatable bonds is 5. The predicted octanol–water partition coefficient (Wildman–Crippen LogP) is 4.26. The van der Waals surface area contributed by atoms with Crippen LogP contribution in [0.25, 0.3) is 10.2 Å². The minimum absolute atomic E-state index is 0.871. The van der Waals surface area contributed by atoms with E-state index in [9.17, 15) is 0 Å². The Balaban J connectivity index is 1.80. The van der Waals surface area contributed by atoms with Crippen LogP contribution in [0, 0.1) is 6.92 Å². The minimum atomic E-state index is 0.871. The third kappa shape index (κ3) is 3.43. The molecule has 5 heteroatoms. The van der Waals surface area contributed by atoms with Gasteiger partial charge in [-0.3, -0.25) is 0 Å². The van der Waals surface area contributed by atoms with Crippen molar-refractivity contribution in [1.82, 2.24) is 15.3 Å². The van der Waals surface area contributed by atoms with E-state index in [0.717, 1.165) is 28.0 Å². The number of fused-ring (bicyclic) bond motifs is 1. The van der Waals surface area contributed by atoms with E-state index in [-0.39, 0.29) is 0 Å². The highest BCUT2D eigenvalue weighted by atomic mass is 32.2. The lowest BCUT2D eigenvalue weighted by Crippen LogP contribution is -2.12. The molecule has 2 heterocycles. The first-order chi connectivity index (χ1) is 10.3. The van der Waals surface area contributed by atoms with E-state index < -0.39 is 0 Å². The molecule has 3 aromatic rings. The number of hydrogen-bond acceptors (Lipinski definition) is 5. The summed E-state index contributed by atoms with van der Waals surface area (Å²) in [6, 6.07) is 10.4. The predicted molar refractivity (Wildman–Crippen MR) is 90.1 cm³/mol. The van der Waals surface area contributed by atoms with Gasteiger partial charge in [-0.1, -0.05) is 25.1 Å². The number of thiazole rings is 1.